The zero-order valence-electron chi connectivity index (χ0n) is 10.8. The Balaban J connectivity index is 2.09. The van der Waals surface area contributed by atoms with Crippen molar-refractivity contribution in [3.8, 4) is 0 Å². The molecule has 0 heterocycles. The quantitative estimate of drug-likeness (QED) is 0.809. The second-order valence-electron chi connectivity index (χ2n) is 5.09. The van der Waals surface area contributed by atoms with Gasteiger partial charge in [-0.1, -0.05) is 47.8 Å². The third-order valence-electron chi connectivity index (χ3n) is 3.70. The van der Waals surface area contributed by atoms with Crippen LogP contribution in [0.2, 0.25) is 0 Å². The summed E-state index contributed by atoms with van der Waals surface area (Å²) in [6.45, 7) is 5.44. The van der Waals surface area contributed by atoms with Crippen molar-refractivity contribution in [2.75, 3.05) is 6.54 Å². The molecular formula is C15H22BrN. The summed E-state index contributed by atoms with van der Waals surface area (Å²) in [4.78, 5) is 0. The van der Waals surface area contributed by atoms with Gasteiger partial charge in [0.15, 0.2) is 0 Å². The maximum atomic E-state index is 3.63. The Labute approximate surface area is 113 Å². The van der Waals surface area contributed by atoms with E-state index in [0.717, 1.165) is 12.5 Å². The van der Waals surface area contributed by atoms with Gasteiger partial charge in [0.05, 0.1) is 0 Å². The molecular weight excluding hydrogens is 274 g/mol. The van der Waals surface area contributed by atoms with Crippen molar-refractivity contribution < 1.29 is 0 Å². The first-order chi connectivity index (χ1) is 8.22. The second-order valence-corrected chi connectivity index (χ2v) is 5.94. The average Bonchev–Trinajstić information content (AvgIpc) is 3.12. The molecule has 0 spiro atoms. The minimum absolute atomic E-state index is 0.526. The van der Waals surface area contributed by atoms with Crippen LogP contribution in [-0.4, -0.2) is 6.54 Å². The maximum absolute atomic E-state index is 3.63. The van der Waals surface area contributed by atoms with Crippen molar-refractivity contribution in [2.24, 2.45) is 5.92 Å². The van der Waals surface area contributed by atoms with Gasteiger partial charge in [0, 0.05) is 10.5 Å². The van der Waals surface area contributed by atoms with Gasteiger partial charge < -0.3 is 5.32 Å². The van der Waals surface area contributed by atoms with E-state index in [0.29, 0.717) is 6.04 Å². The molecule has 1 aliphatic carbocycles. The van der Waals surface area contributed by atoms with Crippen LogP contribution in [0.1, 0.15) is 49.8 Å². The highest BCUT2D eigenvalue weighted by molar-refractivity contribution is 9.10. The molecule has 2 heteroatoms. The van der Waals surface area contributed by atoms with Gasteiger partial charge in [0.25, 0.3) is 0 Å². The third-order valence-corrected chi connectivity index (χ3v) is 4.56. The highest BCUT2D eigenvalue weighted by atomic mass is 79.9. The lowest BCUT2D eigenvalue weighted by atomic mass is 9.96. The molecule has 1 aromatic rings. The fraction of sp³-hybridized carbons (Fsp3) is 0.600. The molecule has 1 N–H and O–H groups in total. The Kier molecular flexibility index (Phi) is 4.63. The largest absolute Gasteiger partial charge is 0.310 e. The molecule has 94 valence electrons. The number of hydrogen-bond donors (Lipinski definition) is 1. The van der Waals surface area contributed by atoms with Crippen LogP contribution in [0.25, 0.3) is 0 Å². The predicted octanol–water partition coefficient (Wildman–Crippen LogP) is 4.60. The summed E-state index contributed by atoms with van der Waals surface area (Å²) in [5.74, 6) is 1.02. The standard InChI is InChI=1S/C15H22BrN/c1-3-17-15(10-9-12-7-8-12)13-5-4-6-14(16)11(13)2/h4-6,12,15,17H,3,7-10H2,1-2H3. The Morgan fingerprint density at radius 1 is 1.41 bits per heavy atom. The van der Waals surface area contributed by atoms with E-state index < -0.39 is 0 Å². The molecule has 0 radical (unpaired) electrons. The van der Waals surface area contributed by atoms with Gasteiger partial charge >= 0.3 is 0 Å². The lowest BCUT2D eigenvalue weighted by Crippen LogP contribution is -2.22. The molecule has 1 fully saturated rings. The molecule has 0 aliphatic heterocycles. The first-order valence-electron chi connectivity index (χ1n) is 6.70. The number of halogens is 1. The van der Waals surface area contributed by atoms with Crippen molar-refractivity contribution in [3.05, 3.63) is 33.8 Å². The smallest absolute Gasteiger partial charge is 0.0323 e. The van der Waals surface area contributed by atoms with E-state index in [1.807, 2.05) is 0 Å². The van der Waals surface area contributed by atoms with Crippen LogP contribution in [0.15, 0.2) is 22.7 Å². The number of rotatable bonds is 6. The molecule has 1 aliphatic rings. The molecule has 2 rings (SSSR count). The van der Waals surface area contributed by atoms with E-state index >= 15 is 0 Å². The molecule has 17 heavy (non-hydrogen) atoms. The Morgan fingerprint density at radius 3 is 2.82 bits per heavy atom. The molecule has 0 amide bonds. The van der Waals surface area contributed by atoms with E-state index in [2.05, 4.69) is 53.3 Å². The van der Waals surface area contributed by atoms with E-state index in [1.54, 1.807) is 0 Å². The van der Waals surface area contributed by atoms with E-state index in [9.17, 15) is 0 Å². The highest BCUT2D eigenvalue weighted by Crippen LogP contribution is 2.36. The Bertz CT molecular complexity index is 371. The summed E-state index contributed by atoms with van der Waals surface area (Å²) in [7, 11) is 0. The Hall–Kier alpha value is -0.340. The van der Waals surface area contributed by atoms with Crippen molar-refractivity contribution >= 4 is 15.9 Å². The molecule has 0 aromatic heterocycles. The van der Waals surface area contributed by atoms with Crippen LogP contribution in [0, 0.1) is 12.8 Å². The average molecular weight is 296 g/mol. The highest BCUT2D eigenvalue weighted by Gasteiger charge is 2.23. The number of hydrogen-bond acceptors (Lipinski definition) is 1. The minimum atomic E-state index is 0.526. The van der Waals surface area contributed by atoms with Crippen LogP contribution in [-0.2, 0) is 0 Å². The molecule has 0 bridgehead atoms. The van der Waals surface area contributed by atoms with Crippen LogP contribution in [0.4, 0.5) is 0 Å². The van der Waals surface area contributed by atoms with Crippen LogP contribution in [0.5, 0.6) is 0 Å². The van der Waals surface area contributed by atoms with Crippen molar-refractivity contribution in [1.82, 2.24) is 5.32 Å². The fourth-order valence-electron chi connectivity index (χ4n) is 2.42. The van der Waals surface area contributed by atoms with Gasteiger partial charge in [0.2, 0.25) is 0 Å². The lowest BCUT2D eigenvalue weighted by molar-refractivity contribution is 0.480. The van der Waals surface area contributed by atoms with Crippen LogP contribution in [0.3, 0.4) is 0 Å². The fourth-order valence-corrected chi connectivity index (χ4v) is 2.81. The first kappa shape index (κ1) is 13.1. The molecule has 1 atom stereocenters. The zero-order chi connectivity index (χ0) is 12.3. The molecule has 1 aromatic carbocycles. The van der Waals surface area contributed by atoms with Crippen molar-refractivity contribution in [3.63, 3.8) is 0 Å². The van der Waals surface area contributed by atoms with Gasteiger partial charge in [-0.05, 0) is 49.4 Å². The topological polar surface area (TPSA) is 12.0 Å². The van der Waals surface area contributed by atoms with Crippen molar-refractivity contribution in [1.29, 1.82) is 0 Å². The Morgan fingerprint density at radius 2 is 2.18 bits per heavy atom. The lowest BCUT2D eigenvalue weighted by Gasteiger charge is -2.21. The van der Waals surface area contributed by atoms with E-state index in [1.165, 1.54) is 41.3 Å². The monoisotopic (exact) mass is 295 g/mol. The van der Waals surface area contributed by atoms with E-state index in [4.69, 9.17) is 0 Å². The van der Waals surface area contributed by atoms with Gasteiger partial charge in [-0.3, -0.25) is 0 Å². The summed E-state index contributed by atoms with van der Waals surface area (Å²) in [5, 5.41) is 3.63. The number of nitrogens with one attached hydrogen (secondary N) is 1. The van der Waals surface area contributed by atoms with Gasteiger partial charge in [-0.15, -0.1) is 0 Å². The first-order valence-corrected chi connectivity index (χ1v) is 7.50. The van der Waals surface area contributed by atoms with E-state index in [-0.39, 0.29) is 0 Å². The summed E-state index contributed by atoms with van der Waals surface area (Å²) < 4.78 is 1.23. The van der Waals surface area contributed by atoms with Crippen LogP contribution >= 0.6 is 15.9 Å². The molecule has 1 saturated carbocycles. The molecule has 1 nitrogen and oxygen atoms in total. The summed E-state index contributed by atoms with van der Waals surface area (Å²) in [6, 6.07) is 7.06. The minimum Gasteiger partial charge on any atom is -0.310 e. The molecule has 1 unspecified atom stereocenters. The van der Waals surface area contributed by atoms with Gasteiger partial charge in [-0.25, -0.2) is 0 Å². The number of benzene rings is 1. The predicted molar refractivity (Wildman–Crippen MR) is 77.3 cm³/mol. The summed E-state index contributed by atoms with van der Waals surface area (Å²) >= 11 is 3.63. The zero-order valence-corrected chi connectivity index (χ0v) is 12.4. The maximum Gasteiger partial charge on any atom is 0.0323 e. The molecule has 0 saturated heterocycles. The van der Waals surface area contributed by atoms with Gasteiger partial charge in [0.1, 0.15) is 0 Å². The normalized spacial score (nSPS) is 17.1. The third kappa shape index (κ3) is 3.56. The summed E-state index contributed by atoms with van der Waals surface area (Å²) in [5.41, 5.74) is 2.84. The van der Waals surface area contributed by atoms with Gasteiger partial charge in [-0.2, -0.15) is 0 Å². The second kappa shape index (κ2) is 6.01. The summed E-state index contributed by atoms with van der Waals surface area (Å²) in [6.07, 6.45) is 5.56. The SMILES string of the molecule is CCNC(CCC1CC1)c1cccc(Br)c1C. The van der Waals surface area contributed by atoms with Crippen molar-refractivity contribution in [2.45, 2.75) is 45.6 Å². The van der Waals surface area contributed by atoms with Crippen LogP contribution < -0.4 is 5.32 Å².